The highest BCUT2D eigenvalue weighted by atomic mass is 16.5. The zero-order valence-electron chi connectivity index (χ0n) is 11.4. The molecule has 0 spiro atoms. The zero-order chi connectivity index (χ0) is 13.9. The van der Waals surface area contributed by atoms with Crippen LogP contribution in [0.5, 0.6) is 5.75 Å². The summed E-state index contributed by atoms with van der Waals surface area (Å²) in [5.41, 5.74) is 0.975. The van der Waals surface area contributed by atoms with Gasteiger partial charge in [0, 0.05) is 24.4 Å². The van der Waals surface area contributed by atoms with E-state index in [0.717, 1.165) is 24.2 Å². The summed E-state index contributed by atoms with van der Waals surface area (Å²) in [6.07, 6.45) is 3.45. The molecule has 1 aliphatic carbocycles. The maximum atomic E-state index is 12.5. The Morgan fingerprint density at radius 3 is 2.70 bits per heavy atom. The summed E-state index contributed by atoms with van der Waals surface area (Å²) in [6, 6.07) is 7.88. The molecular formula is C16H19NO3. The van der Waals surface area contributed by atoms with Crippen LogP contribution < -0.4 is 10.1 Å². The predicted molar refractivity (Wildman–Crippen MR) is 74.7 cm³/mol. The summed E-state index contributed by atoms with van der Waals surface area (Å²) in [7, 11) is 0. The van der Waals surface area contributed by atoms with Gasteiger partial charge in [-0.1, -0.05) is 18.2 Å². The van der Waals surface area contributed by atoms with Crippen LogP contribution in [0.15, 0.2) is 24.3 Å². The average molecular weight is 273 g/mol. The topological polar surface area (TPSA) is 55.4 Å². The molecule has 4 heteroatoms. The first-order valence-corrected chi connectivity index (χ1v) is 7.28. The van der Waals surface area contributed by atoms with Crippen LogP contribution in [0.25, 0.3) is 0 Å². The standard InChI is InChI=1S/C16H19NO3/c18-12-7-5-11(6-8-12)17-16(19)14-9-10-20-15-4-2-1-3-13(14)15/h1-4,11,14H,5-10H2,(H,17,19). The number of benzene rings is 1. The van der Waals surface area contributed by atoms with Crippen LogP contribution in [0.3, 0.4) is 0 Å². The van der Waals surface area contributed by atoms with Crippen LogP contribution in [0.1, 0.15) is 43.6 Å². The molecule has 106 valence electrons. The molecule has 1 aromatic rings. The first-order valence-electron chi connectivity index (χ1n) is 7.28. The van der Waals surface area contributed by atoms with Crippen LogP contribution in [0.2, 0.25) is 0 Å². The van der Waals surface area contributed by atoms with Crippen molar-refractivity contribution in [3.05, 3.63) is 29.8 Å². The molecule has 1 fully saturated rings. The molecule has 0 bridgehead atoms. The molecule has 1 N–H and O–H groups in total. The van der Waals surface area contributed by atoms with E-state index < -0.39 is 0 Å². The van der Waals surface area contributed by atoms with Gasteiger partial charge in [0.2, 0.25) is 5.91 Å². The number of rotatable bonds is 2. The van der Waals surface area contributed by atoms with Gasteiger partial charge in [-0.2, -0.15) is 0 Å². The molecule has 2 aliphatic rings. The Balaban J connectivity index is 1.67. The largest absolute Gasteiger partial charge is 0.493 e. The van der Waals surface area contributed by atoms with Crippen LogP contribution in [0, 0.1) is 0 Å². The second-order valence-electron chi connectivity index (χ2n) is 5.55. The third kappa shape index (κ3) is 2.69. The van der Waals surface area contributed by atoms with Crippen molar-refractivity contribution in [1.29, 1.82) is 0 Å². The van der Waals surface area contributed by atoms with E-state index in [1.165, 1.54) is 0 Å². The summed E-state index contributed by atoms with van der Waals surface area (Å²) in [5, 5.41) is 3.10. The molecule has 1 unspecified atom stereocenters. The number of hydrogen-bond acceptors (Lipinski definition) is 3. The molecule has 4 nitrogen and oxygen atoms in total. The third-order valence-corrected chi connectivity index (χ3v) is 4.16. The van der Waals surface area contributed by atoms with Gasteiger partial charge in [0.1, 0.15) is 11.5 Å². The van der Waals surface area contributed by atoms with E-state index in [1.54, 1.807) is 0 Å². The normalized spacial score (nSPS) is 22.8. The van der Waals surface area contributed by atoms with Gasteiger partial charge in [-0.3, -0.25) is 9.59 Å². The fourth-order valence-electron chi connectivity index (χ4n) is 3.00. The molecule has 3 rings (SSSR count). The Morgan fingerprint density at radius 1 is 1.15 bits per heavy atom. The Morgan fingerprint density at radius 2 is 1.90 bits per heavy atom. The number of fused-ring (bicyclic) bond motifs is 1. The zero-order valence-corrected chi connectivity index (χ0v) is 11.4. The molecule has 0 saturated heterocycles. The average Bonchev–Trinajstić information content (AvgIpc) is 2.49. The number of carbonyl (C=O) groups is 2. The summed E-state index contributed by atoms with van der Waals surface area (Å²) >= 11 is 0. The SMILES string of the molecule is O=C1CCC(NC(=O)C2CCOc3ccccc32)CC1. The van der Waals surface area contributed by atoms with E-state index in [2.05, 4.69) is 5.32 Å². The lowest BCUT2D eigenvalue weighted by Crippen LogP contribution is -2.41. The smallest absolute Gasteiger partial charge is 0.228 e. The maximum absolute atomic E-state index is 12.5. The van der Waals surface area contributed by atoms with Crippen molar-refractivity contribution in [3.8, 4) is 5.75 Å². The molecule has 1 aliphatic heterocycles. The predicted octanol–water partition coefficient (Wildman–Crippen LogP) is 2.18. The number of ketones is 1. The second-order valence-corrected chi connectivity index (χ2v) is 5.55. The highest BCUT2D eigenvalue weighted by Crippen LogP contribution is 2.33. The summed E-state index contributed by atoms with van der Waals surface area (Å²) < 4.78 is 5.58. The van der Waals surface area contributed by atoms with Crippen molar-refractivity contribution in [1.82, 2.24) is 5.32 Å². The lowest BCUT2D eigenvalue weighted by Gasteiger charge is -2.28. The summed E-state index contributed by atoms with van der Waals surface area (Å²) in [4.78, 5) is 23.7. The van der Waals surface area contributed by atoms with Crippen molar-refractivity contribution in [2.24, 2.45) is 0 Å². The Labute approximate surface area is 118 Å². The van der Waals surface area contributed by atoms with Crippen molar-refractivity contribution < 1.29 is 14.3 Å². The molecule has 1 aromatic carbocycles. The minimum atomic E-state index is -0.127. The molecule has 1 amide bonds. The minimum Gasteiger partial charge on any atom is -0.493 e. The van der Waals surface area contributed by atoms with Crippen molar-refractivity contribution in [3.63, 3.8) is 0 Å². The number of amides is 1. The van der Waals surface area contributed by atoms with Gasteiger partial charge in [-0.25, -0.2) is 0 Å². The highest BCUT2D eigenvalue weighted by Gasteiger charge is 2.29. The van der Waals surface area contributed by atoms with Gasteiger partial charge in [-0.15, -0.1) is 0 Å². The fourth-order valence-corrected chi connectivity index (χ4v) is 3.00. The molecule has 20 heavy (non-hydrogen) atoms. The number of hydrogen-bond donors (Lipinski definition) is 1. The molecule has 1 atom stereocenters. The van der Waals surface area contributed by atoms with E-state index >= 15 is 0 Å². The number of ether oxygens (including phenoxy) is 1. The van der Waals surface area contributed by atoms with Gasteiger partial charge in [0.15, 0.2) is 0 Å². The van der Waals surface area contributed by atoms with Gasteiger partial charge >= 0.3 is 0 Å². The van der Waals surface area contributed by atoms with Crippen LogP contribution in [-0.4, -0.2) is 24.3 Å². The van der Waals surface area contributed by atoms with Crippen molar-refractivity contribution in [2.45, 2.75) is 44.1 Å². The van der Waals surface area contributed by atoms with Gasteiger partial charge in [-0.05, 0) is 25.3 Å². The summed E-state index contributed by atoms with van der Waals surface area (Å²) in [6.45, 7) is 0.582. The van der Waals surface area contributed by atoms with E-state index in [0.29, 0.717) is 31.7 Å². The Kier molecular flexibility index (Phi) is 3.72. The lowest BCUT2D eigenvalue weighted by atomic mass is 9.90. The van der Waals surface area contributed by atoms with E-state index in [1.807, 2.05) is 24.3 Å². The molecule has 1 heterocycles. The number of para-hydroxylation sites is 1. The fraction of sp³-hybridized carbons (Fsp3) is 0.500. The highest BCUT2D eigenvalue weighted by molar-refractivity contribution is 5.85. The molecule has 1 saturated carbocycles. The molecular weight excluding hydrogens is 254 g/mol. The lowest BCUT2D eigenvalue weighted by molar-refractivity contribution is -0.126. The first-order chi connectivity index (χ1) is 9.74. The van der Waals surface area contributed by atoms with E-state index in [9.17, 15) is 9.59 Å². The summed E-state index contributed by atoms with van der Waals surface area (Å²) in [5.74, 6) is 1.07. The monoisotopic (exact) mass is 273 g/mol. The first kappa shape index (κ1) is 13.2. The van der Waals surface area contributed by atoms with Crippen LogP contribution >= 0.6 is 0 Å². The molecule has 0 radical (unpaired) electrons. The van der Waals surface area contributed by atoms with E-state index in [-0.39, 0.29) is 17.9 Å². The number of carbonyl (C=O) groups excluding carboxylic acids is 2. The maximum Gasteiger partial charge on any atom is 0.228 e. The van der Waals surface area contributed by atoms with Crippen molar-refractivity contribution >= 4 is 11.7 Å². The van der Waals surface area contributed by atoms with E-state index in [4.69, 9.17) is 4.74 Å². The van der Waals surface area contributed by atoms with Gasteiger partial charge < -0.3 is 10.1 Å². The quantitative estimate of drug-likeness (QED) is 0.898. The third-order valence-electron chi connectivity index (χ3n) is 4.16. The van der Waals surface area contributed by atoms with Gasteiger partial charge in [0.25, 0.3) is 0 Å². The second kappa shape index (κ2) is 5.65. The Hall–Kier alpha value is -1.84. The number of Topliss-reactive ketones (excluding diaryl/α,β-unsaturated/α-hetero) is 1. The van der Waals surface area contributed by atoms with Crippen LogP contribution in [0.4, 0.5) is 0 Å². The van der Waals surface area contributed by atoms with Crippen LogP contribution in [-0.2, 0) is 9.59 Å². The van der Waals surface area contributed by atoms with Gasteiger partial charge in [0.05, 0.1) is 12.5 Å². The number of nitrogens with one attached hydrogen (secondary N) is 1. The molecule has 0 aromatic heterocycles. The minimum absolute atomic E-state index is 0.0695. The Bertz CT molecular complexity index is 516. The van der Waals surface area contributed by atoms with Crippen molar-refractivity contribution in [2.75, 3.05) is 6.61 Å².